The Bertz CT molecular complexity index is 651. The molecular formula is C19H29NO3S. The third-order valence-corrected chi connectivity index (χ3v) is 6.38. The first-order valence-corrected chi connectivity index (χ1v) is 10.5. The first-order valence-electron chi connectivity index (χ1n) is 8.81. The highest BCUT2D eigenvalue weighted by Crippen LogP contribution is 2.24. The highest BCUT2D eigenvalue weighted by Gasteiger charge is 2.20. The van der Waals surface area contributed by atoms with Crippen molar-refractivity contribution in [2.45, 2.75) is 75.6 Å². The molecule has 1 N–H and O–H groups in total. The molecule has 0 aromatic heterocycles. The van der Waals surface area contributed by atoms with E-state index >= 15 is 0 Å². The molecule has 5 heteroatoms. The number of carbonyl (C=O) groups is 1. The Morgan fingerprint density at radius 1 is 1.08 bits per heavy atom. The summed E-state index contributed by atoms with van der Waals surface area (Å²) in [5, 5.41) is 2.97. The zero-order valence-corrected chi connectivity index (χ0v) is 15.8. The van der Waals surface area contributed by atoms with Gasteiger partial charge in [0.05, 0.1) is 10.6 Å². The Labute approximate surface area is 146 Å². The second-order valence-corrected chi connectivity index (χ2v) is 9.85. The Hall–Kier alpha value is -1.36. The van der Waals surface area contributed by atoms with Crippen molar-refractivity contribution in [3.05, 3.63) is 29.8 Å². The van der Waals surface area contributed by atoms with Crippen molar-refractivity contribution in [3.63, 3.8) is 0 Å². The number of amides is 1. The smallest absolute Gasteiger partial charge is 0.221 e. The maximum absolute atomic E-state index is 12.4. The summed E-state index contributed by atoms with van der Waals surface area (Å²) in [6.07, 6.45) is 5.55. The zero-order valence-electron chi connectivity index (χ0n) is 15.0. The van der Waals surface area contributed by atoms with Crippen LogP contribution in [0.4, 0.5) is 0 Å². The number of hydrogen-bond acceptors (Lipinski definition) is 3. The van der Waals surface area contributed by atoms with Gasteiger partial charge in [-0.15, -0.1) is 0 Å². The molecule has 1 aliphatic rings. The van der Waals surface area contributed by atoms with Crippen LogP contribution in [0.2, 0.25) is 0 Å². The molecule has 0 spiro atoms. The molecule has 24 heavy (non-hydrogen) atoms. The van der Waals surface area contributed by atoms with Crippen LogP contribution in [0, 0.1) is 0 Å². The summed E-state index contributed by atoms with van der Waals surface area (Å²) < 4.78 is 24.8. The largest absolute Gasteiger partial charge is 0.353 e. The molecule has 0 bridgehead atoms. The number of sulfone groups is 1. The number of benzene rings is 1. The van der Waals surface area contributed by atoms with Crippen LogP contribution in [0.3, 0.4) is 0 Å². The van der Waals surface area contributed by atoms with Crippen molar-refractivity contribution in [2.75, 3.05) is 5.75 Å². The summed E-state index contributed by atoms with van der Waals surface area (Å²) in [4.78, 5) is 12.3. The minimum absolute atomic E-state index is 0.0117. The van der Waals surface area contributed by atoms with Crippen LogP contribution < -0.4 is 5.32 Å². The van der Waals surface area contributed by atoms with E-state index in [0.29, 0.717) is 4.90 Å². The van der Waals surface area contributed by atoms with Gasteiger partial charge in [-0.2, -0.15) is 0 Å². The molecule has 1 fully saturated rings. The maximum atomic E-state index is 12.4. The fraction of sp³-hybridized carbons (Fsp3) is 0.632. The molecule has 1 aromatic carbocycles. The standard InChI is InChI=1S/C19H29NO3S/c1-19(2,3)15-9-11-17(12-10-15)24(22,23)14-13-18(21)20-16-7-5-4-6-8-16/h9-12,16H,4-8,13-14H2,1-3H3,(H,20,21). The highest BCUT2D eigenvalue weighted by atomic mass is 32.2. The van der Waals surface area contributed by atoms with Gasteiger partial charge >= 0.3 is 0 Å². The van der Waals surface area contributed by atoms with Crippen molar-refractivity contribution < 1.29 is 13.2 Å². The van der Waals surface area contributed by atoms with E-state index < -0.39 is 9.84 Å². The van der Waals surface area contributed by atoms with E-state index in [1.165, 1.54) is 6.42 Å². The maximum Gasteiger partial charge on any atom is 0.221 e. The van der Waals surface area contributed by atoms with Crippen LogP contribution in [-0.4, -0.2) is 26.1 Å². The zero-order chi connectivity index (χ0) is 17.8. The minimum atomic E-state index is -3.42. The average Bonchev–Trinajstić information content (AvgIpc) is 2.53. The second-order valence-electron chi connectivity index (χ2n) is 7.75. The molecule has 0 atom stereocenters. The van der Waals surface area contributed by atoms with Gasteiger partial charge in [0.25, 0.3) is 0 Å². The van der Waals surface area contributed by atoms with Crippen molar-refractivity contribution in [1.82, 2.24) is 5.32 Å². The lowest BCUT2D eigenvalue weighted by molar-refractivity contribution is -0.121. The molecule has 0 radical (unpaired) electrons. The van der Waals surface area contributed by atoms with Crippen molar-refractivity contribution in [2.24, 2.45) is 0 Å². The van der Waals surface area contributed by atoms with Gasteiger partial charge in [-0.1, -0.05) is 52.2 Å². The fourth-order valence-electron chi connectivity index (χ4n) is 3.05. The summed E-state index contributed by atoms with van der Waals surface area (Å²) in [5.41, 5.74) is 1.08. The predicted octanol–water partition coefficient (Wildman–Crippen LogP) is 3.60. The number of hydrogen-bond donors (Lipinski definition) is 1. The molecule has 134 valence electrons. The summed E-state index contributed by atoms with van der Waals surface area (Å²) >= 11 is 0. The Morgan fingerprint density at radius 2 is 1.67 bits per heavy atom. The van der Waals surface area contributed by atoms with E-state index in [4.69, 9.17) is 0 Å². The van der Waals surface area contributed by atoms with Gasteiger partial charge in [-0.25, -0.2) is 8.42 Å². The van der Waals surface area contributed by atoms with Gasteiger partial charge in [0.15, 0.2) is 9.84 Å². The summed E-state index contributed by atoms with van der Waals surface area (Å²) in [6.45, 7) is 6.27. The number of rotatable bonds is 5. The quantitative estimate of drug-likeness (QED) is 0.881. The van der Waals surface area contributed by atoms with Crippen LogP contribution in [0.25, 0.3) is 0 Å². The van der Waals surface area contributed by atoms with E-state index in [-0.39, 0.29) is 29.5 Å². The molecule has 0 saturated heterocycles. The van der Waals surface area contributed by atoms with Crippen LogP contribution in [0.5, 0.6) is 0 Å². The summed E-state index contributed by atoms with van der Waals surface area (Å²) in [6, 6.07) is 7.23. The van der Waals surface area contributed by atoms with Gasteiger partial charge in [0.2, 0.25) is 5.91 Å². The van der Waals surface area contributed by atoms with E-state index in [2.05, 4.69) is 26.1 Å². The summed E-state index contributed by atoms with van der Waals surface area (Å²) in [7, 11) is -3.42. The summed E-state index contributed by atoms with van der Waals surface area (Å²) in [5.74, 6) is -0.294. The molecule has 1 saturated carbocycles. The molecular weight excluding hydrogens is 322 g/mol. The Balaban J connectivity index is 1.92. The Morgan fingerprint density at radius 3 is 2.21 bits per heavy atom. The lowest BCUT2D eigenvalue weighted by atomic mass is 9.87. The van der Waals surface area contributed by atoms with Gasteiger partial charge in [0.1, 0.15) is 0 Å². The average molecular weight is 352 g/mol. The van der Waals surface area contributed by atoms with Gasteiger partial charge in [-0.05, 0) is 36.0 Å². The first-order chi connectivity index (χ1) is 11.2. The highest BCUT2D eigenvalue weighted by molar-refractivity contribution is 7.91. The third kappa shape index (κ3) is 5.33. The topological polar surface area (TPSA) is 63.2 Å². The first kappa shape index (κ1) is 19.0. The molecule has 1 aromatic rings. The van der Waals surface area contributed by atoms with Crippen molar-refractivity contribution in [1.29, 1.82) is 0 Å². The van der Waals surface area contributed by atoms with Crippen molar-refractivity contribution in [3.8, 4) is 0 Å². The normalized spacial score (nSPS) is 16.8. The predicted molar refractivity (Wildman–Crippen MR) is 96.8 cm³/mol. The number of nitrogens with one attached hydrogen (secondary N) is 1. The molecule has 1 aliphatic carbocycles. The molecule has 0 aliphatic heterocycles. The van der Waals surface area contributed by atoms with Crippen molar-refractivity contribution >= 4 is 15.7 Å². The van der Waals surface area contributed by atoms with Crippen LogP contribution in [0.15, 0.2) is 29.2 Å². The lowest BCUT2D eigenvalue weighted by Gasteiger charge is -2.22. The fourth-order valence-corrected chi connectivity index (χ4v) is 4.29. The lowest BCUT2D eigenvalue weighted by Crippen LogP contribution is -2.36. The van der Waals surface area contributed by atoms with E-state index in [9.17, 15) is 13.2 Å². The Kier molecular flexibility index (Phi) is 6.07. The molecule has 0 heterocycles. The molecule has 0 unspecified atom stereocenters. The van der Waals surface area contributed by atoms with Gasteiger partial charge in [0, 0.05) is 12.5 Å². The number of carbonyl (C=O) groups excluding carboxylic acids is 1. The van der Waals surface area contributed by atoms with Gasteiger partial charge < -0.3 is 5.32 Å². The molecule has 4 nitrogen and oxygen atoms in total. The second kappa shape index (κ2) is 7.68. The monoisotopic (exact) mass is 351 g/mol. The van der Waals surface area contributed by atoms with E-state index in [1.807, 2.05) is 12.1 Å². The minimum Gasteiger partial charge on any atom is -0.353 e. The van der Waals surface area contributed by atoms with Crippen LogP contribution in [-0.2, 0) is 20.0 Å². The van der Waals surface area contributed by atoms with E-state index in [1.54, 1.807) is 12.1 Å². The SMILES string of the molecule is CC(C)(C)c1ccc(S(=O)(=O)CCC(=O)NC2CCCCC2)cc1. The molecule has 1 amide bonds. The van der Waals surface area contributed by atoms with Gasteiger partial charge in [-0.3, -0.25) is 4.79 Å². The third-order valence-electron chi connectivity index (χ3n) is 4.65. The molecule has 2 rings (SSSR count). The van der Waals surface area contributed by atoms with Crippen LogP contribution in [0.1, 0.15) is 64.9 Å². The van der Waals surface area contributed by atoms with E-state index in [0.717, 1.165) is 31.2 Å². The van der Waals surface area contributed by atoms with Crippen LogP contribution >= 0.6 is 0 Å².